The summed E-state index contributed by atoms with van der Waals surface area (Å²) in [6.45, 7) is 2.58. The number of hydrogen-bond donors (Lipinski definition) is 2. The van der Waals surface area contributed by atoms with Crippen molar-refractivity contribution in [2.45, 2.75) is 39.0 Å². The number of aromatic nitrogens is 1. The lowest BCUT2D eigenvalue weighted by atomic mass is 10.1. The minimum absolute atomic E-state index is 0.0186. The molecule has 1 amide bonds. The molecule has 2 aromatic rings. The molecule has 2 N–H and O–H groups in total. The van der Waals surface area contributed by atoms with Gasteiger partial charge in [0.2, 0.25) is 5.91 Å². The lowest BCUT2D eigenvalue weighted by molar-refractivity contribution is -0.137. The smallest absolute Gasteiger partial charge is 0.303 e. The van der Waals surface area contributed by atoms with E-state index in [0.29, 0.717) is 25.8 Å². The topological polar surface area (TPSA) is 79.3 Å². The van der Waals surface area contributed by atoms with Crippen LogP contribution in [0.3, 0.4) is 0 Å². The maximum absolute atomic E-state index is 11.7. The van der Waals surface area contributed by atoms with Crippen LogP contribution < -0.4 is 5.32 Å². The molecule has 5 nitrogen and oxygen atoms in total. The molecule has 0 spiro atoms. The van der Waals surface area contributed by atoms with E-state index in [4.69, 9.17) is 5.11 Å². The molecule has 128 valence electrons. The van der Waals surface area contributed by atoms with Crippen LogP contribution in [-0.2, 0) is 16.0 Å². The van der Waals surface area contributed by atoms with Gasteiger partial charge >= 0.3 is 5.97 Å². The SMILES string of the molecule is Cc1nc(-c2ccc(CCNC(=O)CCCCC(=O)O)cc2)cs1. The van der Waals surface area contributed by atoms with Crippen LogP contribution in [0.4, 0.5) is 0 Å². The monoisotopic (exact) mass is 346 g/mol. The fourth-order valence-electron chi connectivity index (χ4n) is 2.33. The molecule has 0 aliphatic heterocycles. The predicted octanol–water partition coefficient (Wildman–Crippen LogP) is 3.42. The Kier molecular flexibility index (Phi) is 6.93. The van der Waals surface area contributed by atoms with Crippen molar-refractivity contribution in [3.05, 3.63) is 40.2 Å². The summed E-state index contributed by atoms with van der Waals surface area (Å²) in [6.07, 6.45) is 2.44. The number of carbonyl (C=O) groups is 2. The van der Waals surface area contributed by atoms with Crippen molar-refractivity contribution in [1.82, 2.24) is 10.3 Å². The number of carboxylic acids is 1. The summed E-state index contributed by atoms with van der Waals surface area (Å²) < 4.78 is 0. The quantitative estimate of drug-likeness (QED) is 0.682. The number of thiazole rings is 1. The lowest BCUT2D eigenvalue weighted by Gasteiger charge is -2.06. The molecule has 24 heavy (non-hydrogen) atoms. The van der Waals surface area contributed by atoms with E-state index >= 15 is 0 Å². The van der Waals surface area contributed by atoms with Gasteiger partial charge in [0.05, 0.1) is 10.7 Å². The zero-order chi connectivity index (χ0) is 17.4. The van der Waals surface area contributed by atoms with E-state index in [1.807, 2.05) is 6.92 Å². The third kappa shape index (κ3) is 6.12. The molecule has 0 atom stereocenters. The number of nitrogens with zero attached hydrogens (tertiary/aromatic N) is 1. The largest absolute Gasteiger partial charge is 0.481 e. The average Bonchev–Trinajstić information content (AvgIpc) is 2.98. The number of benzene rings is 1. The van der Waals surface area contributed by atoms with E-state index in [0.717, 1.165) is 28.2 Å². The minimum Gasteiger partial charge on any atom is -0.481 e. The second-order valence-electron chi connectivity index (χ2n) is 5.65. The lowest BCUT2D eigenvalue weighted by Crippen LogP contribution is -2.25. The highest BCUT2D eigenvalue weighted by Crippen LogP contribution is 2.21. The van der Waals surface area contributed by atoms with E-state index in [9.17, 15) is 9.59 Å². The third-order valence-electron chi connectivity index (χ3n) is 3.65. The molecule has 0 fully saturated rings. The molecule has 1 aromatic heterocycles. The number of carboxylic acid groups (broad SMARTS) is 1. The Labute approximate surface area is 145 Å². The van der Waals surface area contributed by atoms with Gasteiger partial charge in [-0.1, -0.05) is 24.3 Å². The number of amides is 1. The van der Waals surface area contributed by atoms with E-state index in [2.05, 4.69) is 39.9 Å². The number of hydrogen-bond acceptors (Lipinski definition) is 4. The number of rotatable bonds is 9. The van der Waals surface area contributed by atoms with Crippen molar-refractivity contribution in [1.29, 1.82) is 0 Å². The Morgan fingerprint density at radius 3 is 2.50 bits per heavy atom. The number of aryl methyl sites for hydroxylation is 1. The highest BCUT2D eigenvalue weighted by atomic mass is 32.1. The molecule has 1 aromatic carbocycles. The van der Waals surface area contributed by atoms with Crippen LogP contribution in [0.1, 0.15) is 36.3 Å². The van der Waals surface area contributed by atoms with Gasteiger partial charge < -0.3 is 10.4 Å². The molecule has 0 aliphatic rings. The van der Waals surface area contributed by atoms with Gasteiger partial charge in [-0.2, -0.15) is 0 Å². The summed E-state index contributed by atoms with van der Waals surface area (Å²) >= 11 is 1.64. The summed E-state index contributed by atoms with van der Waals surface area (Å²) in [6, 6.07) is 8.22. The first kappa shape index (κ1) is 18.1. The molecule has 0 bridgehead atoms. The van der Waals surface area contributed by atoms with Crippen molar-refractivity contribution in [3.63, 3.8) is 0 Å². The molecule has 0 aliphatic carbocycles. The Hall–Kier alpha value is -2.21. The molecule has 0 radical (unpaired) electrons. The van der Waals surface area contributed by atoms with Gasteiger partial charge in [0, 0.05) is 30.3 Å². The van der Waals surface area contributed by atoms with Crippen LogP contribution >= 0.6 is 11.3 Å². The molecule has 0 unspecified atom stereocenters. The summed E-state index contributed by atoms with van der Waals surface area (Å²) in [5.74, 6) is -0.832. The van der Waals surface area contributed by atoms with Gasteiger partial charge in [0.1, 0.15) is 0 Å². The standard InChI is InChI=1S/C18H22N2O3S/c1-13-20-16(12-24-13)15-8-6-14(7-9-15)10-11-19-17(21)4-2-3-5-18(22)23/h6-9,12H,2-5,10-11H2,1H3,(H,19,21)(H,22,23). The van der Waals surface area contributed by atoms with Crippen molar-refractivity contribution in [3.8, 4) is 11.3 Å². The minimum atomic E-state index is -0.813. The molecule has 1 heterocycles. The number of nitrogens with one attached hydrogen (secondary N) is 1. The third-order valence-corrected chi connectivity index (χ3v) is 4.42. The number of unbranched alkanes of at least 4 members (excludes halogenated alkanes) is 1. The van der Waals surface area contributed by atoms with Crippen molar-refractivity contribution < 1.29 is 14.7 Å². The maximum atomic E-state index is 11.7. The Balaban J connectivity index is 1.69. The van der Waals surface area contributed by atoms with Gasteiger partial charge in [-0.15, -0.1) is 11.3 Å². The summed E-state index contributed by atoms with van der Waals surface area (Å²) in [5, 5.41) is 14.5. The van der Waals surface area contributed by atoms with Crippen LogP contribution in [0.2, 0.25) is 0 Å². The van der Waals surface area contributed by atoms with Crippen LogP contribution in [0.15, 0.2) is 29.6 Å². The molecule has 0 saturated heterocycles. The molecule has 6 heteroatoms. The van der Waals surface area contributed by atoms with Gasteiger partial charge in [-0.05, 0) is 31.7 Å². The highest BCUT2D eigenvalue weighted by Gasteiger charge is 2.04. The fraction of sp³-hybridized carbons (Fsp3) is 0.389. The molecular weight excluding hydrogens is 324 g/mol. The van der Waals surface area contributed by atoms with Gasteiger partial charge in [-0.25, -0.2) is 4.98 Å². The van der Waals surface area contributed by atoms with Gasteiger partial charge in [-0.3, -0.25) is 9.59 Å². The van der Waals surface area contributed by atoms with E-state index < -0.39 is 5.97 Å². The first-order valence-corrected chi connectivity index (χ1v) is 8.92. The van der Waals surface area contributed by atoms with Gasteiger partial charge in [0.25, 0.3) is 0 Å². The zero-order valence-electron chi connectivity index (χ0n) is 13.7. The second kappa shape index (κ2) is 9.17. The van der Waals surface area contributed by atoms with E-state index in [-0.39, 0.29) is 12.3 Å². The van der Waals surface area contributed by atoms with E-state index in [1.165, 1.54) is 0 Å². The predicted molar refractivity (Wildman–Crippen MR) is 95.1 cm³/mol. The van der Waals surface area contributed by atoms with Crippen LogP contribution in [-0.4, -0.2) is 28.5 Å². The Morgan fingerprint density at radius 1 is 1.17 bits per heavy atom. The number of carbonyl (C=O) groups excluding carboxylic acids is 1. The molecular formula is C18H22N2O3S. The summed E-state index contributed by atoms with van der Waals surface area (Å²) in [4.78, 5) is 26.5. The normalized spacial score (nSPS) is 10.5. The van der Waals surface area contributed by atoms with Crippen molar-refractivity contribution in [2.24, 2.45) is 0 Å². The van der Waals surface area contributed by atoms with Crippen LogP contribution in [0.25, 0.3) is 11.3 Å². The highest BCUT2D eigenvalue weighted by molar-refractivity contribution is 7.09. The summed E-state index contributed by atoms with van der Waals surface area (Å²) in [7, 11) is 0. The zero-order valence-corrected chi connectivity index (χ0v) is 14.6. The first-order chi connectivity index (χ1) is 11.5. The number of aliphatic carboxylic acids is 1. The fourth-order valence-corrected chi connectivity index (χ4v) is 2.96. The van der Waals surface area contributed by atoms with E-state index in [1.54, 1.807) is 11.3 Å². The van der Waals surface area contributed by atoms with Crippen molar-refractivity contribution in [2.75, 3.05) is 6.54 Å². The van der Waals surface area contributed by atoms with Crippen molar-refractivity contribution >= 4 is 23.2 Å². The summed E-state index contributed by atoms with van der Waals surface area (Å²) in [5.41, 5.74) is 3.26. The first-order valence-electron chi connectivity index (χ1n) is 8.04. The second-order valence-corrected chi connectivity index (χ2v) is 6.71. The molecule has 0 saturated carbocycles. The average molecular weight is 346 g/mol. The maximum Gasteiger partial charge on any atom is 0.303 e. The van der Waals surface area contributed by atoms with Crippen LogP contribution in [0, 0.1) is 6.92 Å². The Morgan fingerprint density at radius 2 is 1.88 bits per heavy atom. The van der Waals surface area contributed by atoms with Gasteiger partial charge in [0.15, 0.2) is 0 Å². The molecule has 2 rings (SSSR count). The Bertz CT molecular complexity index is 680. The van der Waals surface area contributed by atoms with Crippen LogP contribution in [0.5, 0.6) is 0 Å².